The summed E-state index contributed by atoms with van der Waals surface area (Å²) in [6.45, 7) is 3.01. The van der Waals surface area contributed by atoms with Gasteiger partial charge in [-0.2, -0.15) is 4.57 Å². The molecule has 0 amide bonds. The Hall–Kier alpha value is -0.900. The zero-order valence-electron chi connectivity index (χ0n) is 9.69. The predicted octanol–water partition coefficient (Wildman–Crippen LogP) is 2.58. The van der Waals surface area contributed by atoms with E-state index < -0.39 is 0 Å². The molecule has 0 aliphatic carbocycles. The molecule has 0 aliphatic rings. The molecule has 17 heavy (non-hydrogen) atoms. The van der Waals surface area contributed by atoms with Crippen LogP contribution in [0.4, 0.5) is 0 Å². The van der Waals surface area contributed by atoms with Gasteiger partial charge in [-0.1, -0.05) is 41.7 Å². The topological polar surface area (TPSA) is 24.1 Å². The second-order valence-corrected chi connectivity index (χ2v) is 5.57. The number of nitrogens with zero attached hydrogens (tertiary/aromatic N) is 1. The van der Waals surface area contributed by atoms with E-state index in [1.54, 1.807) is 11.3 Å². The largest absolute Gasteiger partial charge is 0.396 e. The lowest BCUT2D eigenvalue weighted by atomic mass is 10.2. The normalized spacial score (nSPS) is 10.8. The summed E-state index contributed by atoms with van der Waals surface area (Å²) in [6, 6.07) is 10.2. The molecule has 4 heteroatoms. The molecule has 1 heterocycles. The van der Waals surface area contributed by atoms with Gasteiger partial charge in [-0.3, -0.25) is 0 Å². The number of benzene rings is 1. The number of aliphatic hydroxyl groups is 1. The van der Waals surface area contributed by atoms with Crippen LogP contribution in [0.1, 0.15) is 16.1 Å². The summed E-state index contributed by atoms with van der Waals surface area (Å²) in [7, 11) is 0. The molecule has 0 atom stereocenters. The fraction of sp³-hybridized carbons (Fsp3) is 0.308. The SMILES string of the molecule is Cc1c(CCO)sc(Cl)[n+]1Cc1ccccc1. The van der Waals surface area contributed by atoms with Crippen molar-refractivity contribution in [2.45, 2.75) is 19.9 Å². The Labute approximate surface area is 110 Å². The Bertz CT molecular complexity index is 496. The van der Waals surface area contributed by atoms with Crippen LogP contribution in [0.2, 0.25) is 4.47 Å². The van der Waals surface area contributed by atoms with Crippen LogP contribution < -0.4 is 4.57 Å². The molecule has 0 radical (unpaired) electrons. The van der Waals surface area contributed by atoms with Crippen molar-refractivity contribution >= 4 is 22.9 Å². The van der Waals surface area contributed by atoms with Crippen LogP contribution in [0.5, 0.6) is 0 Å². The van der Waals surface area contributed by atoms with Gasteiger partial charge >= 0.3 is 4.47 Å². The molecule has 2 aromatic rings. The van der Waals surface area contributed by atoms with Gasteiger partial charge in [0.25, 0.3) is 0 Å². The molecule has 0 aliphatic heterocycles. The van der Waals surface area contributed by atoms with Crippen molar-refractivity contribution in [1.82, 2.24) is 0 Å². The van der Waals surface area contributed by atoms with E-state index >= 15 is 0 Å². The van der Waals surface area contributed by atoms with Gasteiger partial charge in [0.15, 0.2) is 12.2 Å². The lowest BCUT2D eigenvalue weighted by Gasteiger charge is -1.97. The van der Waals surface area contributed by atoms with E-state index in [0.717, 1.165) is 21.6 Å². The van der Waals surface area contributed by atoms with E-state index in [9.17, 15) is 0 Å². The Balaban J connectivity index is 2.27. The van der Waals surface area contributed by atoms with Crippen LogP contribution in [-0.4, -0.2) is 11.7 Å². The number of rotatable bonds is 4. The van der Waals surface area contributed by atoms with E-state index in [1.807, 2.05) is 18.2 Å². The maximum Gasteiger partial charge on any atom is 0.333 e. The molecule has 0 saturated heterocycles. The molecular formula is C13H15ClNOS+. The van der Waals surface area contributed by atoms with Gasteiger partial charge in [-0.05, 0) is 0 Å². The summed E-state index contributed by atoms with van der Waals surface area (Å²) in [5.74, 6) is 0. The third-order valence-electron chi connectivity index (χ3n) is 2.75. The van der Waals surface area contributed by atoms with Gasteiger partial charge in [-0.15, -0.1) is 0 Å². The number of halogens is 1. The first-order valence-electron chi connectivity index (χ1n) is 5.54. The quantitative estimate of drug-likeness (QED) is 0.847. The van der Waals surface area contributed by atoms with Crippen LogP contribution in [0.3, 0.4) is 0 Å². The maximum atomic E-state index is 8.99. The monoisotopic (exact) mass is 268 g/mol. The first kappa shape index (κ1) is 12.6. The zero-order valence-corrected chi connectivity index (χ0v) is 11.3. The minimum atomic E-state index is 0.170. The smallest absolute Gasteiger partial charge is 0.333 e. The number of aliphatic hydroxyl groups excluding tert-OH is 1. The van der Waals surface area contributed by atoms with Gasteiger partial charge in [-0.25, -0.2) is 0 Å². The Morgan fingerprint density at radius 2 is 2.00 bits per heavy atom. The molecule has 0 spiro atoms. The summed E-state index contributed by atoms with van der Waals surface area (Å²) < 4.78 is 2.86. The van der Waals surface area contributed by atoms with Gasteiger partial charge in [0.2, 0.25) is 0 Å². The van der Waals surface area contributed by atoms with Crippen molar-refractivity contribution in [3.63, 3.8) is 0 Å². The van der Waals surface area contributed by atoms with Crippen LogP contribution >= 0.6 is 22.9 Å². The van der Waals surface area contributed by atoms with Crippen molar-refractivity contribution < 1.29 is 9.67 Å². The molecule has 0 bridgehead atoms. The maximum absolute atomic E-state index is 8.99. The highest BCUT2D eigenvalue weighted by Gasteiger charge is 2.21. The molecule has 90 valence electrons. The van der Waals surface area contributed by atoms with Crippen molar-refractivity contribution in [2.24, 2.45) is 0 Å². The van der Waals surface area contributed by atoms with Crippen LogP contribution in [0, 0.1) is 6.92 Å². The summed E-state index contributed by atoms with van der Waals surface area (Å²) in [6.07, 6.45) is 0.679. The zero-order chi connectivity index (χ0) is 12.3. The first-order chi connectivity index (χ1) is 8.22. The number of aromatic nitrogens is 1. The van der Waals surface area contributed by atoms with Crippen molar-refractivity contribution in [1.29, 1.82) is 0 Å². The van der Waals surface area contributed by atoms with E-state index in [2.05, 4.69) is 23.6 Å². The number of thiazole rings is 1. The fourth-order valence-electron chi connectivity index (χ4n) is 1.79. The molecule has 2 rings (SSSR count). The number of hydrogen-bond donors (Lipinski definition) is 1. The predicted molar refractivity (Wildman–Crippen MR) is 70.6 cm³/mol. The average Bonchev–Trinajstić information content (AvgIpc) is 2.59. The fourth-order valence-corrected chi connectivity index (χ4v) is 3.23. The van der Waals surface area contributed by atoms with Crippen LogP contribution in [0.15, 0.2) is 30.3 Å². The highest BCUT2D eigenvalue weighted by Crippen LogP contribution is 2.21. The standard InChI is InChI=1S/C13H15ClNOS/c1-10-12(7-8-16)17-13(14)15(10)9-11-5-3-2-4-6-11/h2-6,16H,7-9H2,1H3/q+1. The molecule has 0 unspecified atom stereocenters. The van der Waals surface area contributed by atoms with Crippen LogP contribution in [-0.2, 0) is 13.0 Å². The summed E-state index contributed by atoms with van der Waals surface area (Å²) in [5.41, 5.74) is 2.38. The lowest BCUT2D eigenvalue weighted by Crippen LogP contribution is -2.36. The van der Waals surface area contributed by atoms with Gasteiger partial charge in [0.05, 0.1) is 4.88 Å². The molecular weight excluding hydrogens is 254 g/mol. The second-order valence-electron chi connectivity index (χ2n) is 3.91. The minimum absolute atomic E-state index is 0.170. The molecule has 1 N–H and O–H groups in total. The third kappa shape index (κ3) is 2.86. The van der Waals surface area contributed by atoms with E-state index in [1.165, 1.54) is 5.56 Å². The summed E-state index contributed by atoms with van der Waals surface area (Å²) in [5, 5.41) is 8.99. The van der Waals surface area contributed by atoms with E-state index in [-0.39, 0.29) is 6.61 Å². The summed E-state index contributed by atoms with van der Waals surface area (Å²) in [4.78, 5) is 1.16. The van der Waals surface area contributed by atoms with Gasteiger partial charge in [0.1, 0.15) is 0 Å². The lowest BCUT2D eigenvalue weighted by molar-refractivity contribution is -0.687. The molecule has 1 aromatic heterocycles. The van der Waals surface area contributed by atoms with Gasteiger partial charge in [0, 0.05) is 37.1 Å². The first-order valence-corrected chi connectivity index (χ1v) is 6.74. The average molecular weight is 269 g/mol. The third-order valence-corrected chi connectivity index (χ3v) is 4.32. The van der Waals surface area contributed by atoms with Crippen LogP contribution in [0.25, 0.3) is 0 Å². The Kier molecular flexibility index (Phi) is 4.15. The number of hydrogen-bond acceptors (Lipinski definition) is 2. The molecule has 2 nitrogen and oxygen atoms in total. The van der Waals surface area contributed by atoms with Gasteiger partial charge < -0.3 is 5.11 Å². The molecule has 0 fully saturated rings. The Morgan fingerprint density at radius 3 is 2.65 bits per heavy atom. The highest BCUT2D eigenvalue weighted by molar-refractivity contribution is 7.15. The molecule has 1 aromatic carbocycles. The second kappa shape index (κ2) is 5.63. The minimum Gasteiger partial charge on any atom is -0.396 e. The molecule has 0 saturated carbocycles. The highest BCUT2D eigenvalue weighted by atomic mass is 35.5. The van der Waals surface area contributed by atoms with E-state index in [0.29, 0.717) is 6.42 Å². The van der Waals surface area contributed by atoms with Crippen molar-refractivity contribution in [2.75, 3.05) is 6.61 Å². The Morgan fingerprint density at radius 1 is 1.29 bits per heavy atom. The summed E-state index contributed by atoms with van der Waals surface area (Å²) >= 11 is 7.79. The van der Waals surface area contributed by atoms with E-state index in [4.69, 9.17) is 16.7 Å². The van der Waals surface area contributed by atoms with Crippen molar-refractivity contribution in [3.05, 3.63) is 50.9 Å². The van der Waals surface area contributed by atoms with Crippen molar-refractivity contribution in [3.8, 4) is 0 Å².